The van der Waals surface area contributed by atoms with Crippen molar-refractivity contribution in [3.8, 4) is 5.75 Å². The smallest absolute Gasteiger partial charge is 0.337 e. The summed E-state index contributed by atoms with van der Waals surface area (Å²) in [6.07, 6.45) is 3.90. The Hall–Kier alpha value is -2.93. The van der Waals surface area contributed by atoms with Gasteiger partial charge >= 0.3 is 5.97 Å². The molecule has 0 aliphatic carbocycles. The van der Waals surface area contributed by atoms with E-state index in [2.05, 4.69) is 17.3 Å². The molecule has 0 saturated heterocycles. The third kappa shape index (κ3) is 7.19. The van der Waals surface area contributed by atoms with Gasteiger partial charge in [0.2, 0.25) is 0 Å². The van der Waals surface area contributed by atoms with Gasteiger partial charge in [0, 0.05) is 19.2 Å². The van der Waals surface area contributed by atoms with Gasteiger partial charge in [0.15, 0.2) is 5.11 Å². The molecule has 0 atom stereocenters. The average Bonchev–Trinajstić information content (AvgIpc) is 2.76. The number of carbonyl (C=O) groups excluding carboxylic acids is 1. The normalized spacial score (nSPS) is 10.6. The number of esters is 1. The van der Waals surface area contributed by atoms with Gasteiger partial charge in [0.05, 0.1) is 18.9 Å². The van der Waals surface area contributed by atoms with Crippen LogP contribution in [0.3, 0.4) is 0 Å². The molecule has 0 amide bonds. The number of rotatable bonds is 9. The van der Waals surface area contributed by atoms with Crippen LogP contribution in [0.5, 0.6) is 5.75 Å². The molecule has 0 bridgehead atoms. The maximum Gasteiger partial charge on any atom is 0.337 e. The number of nitrogens with zero attached hydrogens (tertiary/aromatic N) is 2. The first-order valence-electron chi connectivity index (χ1n) is 9.49. The molecule has 29 heavy (non-hydrogen) atoms. The van der Waals surface area contributed by atoms with E-state index in [1.807, 2.05) is 43.4 Å². The van der Waals surface area contributed by atoms with Crippen LogP contribution < -0.4 is 10.1 Å². The van der Waals surface area contributed by atoms with Crippen molar-refractivity contribution >= 4 is 29.5 Å². The van der Waals surface area contributed by atoms with E-state index in [1.165, 1.54) is 7.11 Å². The minimum atomic E-state index is -0.356. The second-order valence-electron chi connectivity index (χ2n) is 6.37. The Balaban J connectivity index is 1.97. The molecule has 2 rings (SSSR count). The molecule has 0 fully saturated rings. The summed E-state index contributed by atoms with van der Waals surface area (Å²) in [5.74, 6) is 0.358. The van der Waals surface area contributed by atoms with Gasteiger partial charge < -0.3 is 14.8 Å². The van der Waals surface area contributed by atoms with E-state index in [-0.39, 0.29) is 5.97 Å². The van der Waals surface area contributed by atoms with Crippen LogP contribution in [-0.2, 0) is 11.3 Å². The van der Waals surface area contributed by atoms with E-state index in [0.717, 1.165) is 30.5 Å². The zero-order valence-electron chi connectivity index (χ0n) is 17.1. The molecular weight excluding hydrogens is 386 g/mol. The Kier molecular flexibility index (Phi) is 9.11. The van der Waals surface area contributed by atoms with Crippen LogP contribution in [0.1, 0.15) is 41.3 Å². The topological polar surface area (TPSA) is 63.2 Å². The second kappa shape index (κ2) is 11.8. The predicted octanol–water partition coefficient (Wildman–Crippen LogP) is 3.99. The quantitative estimate of drug-likeness (QED) is 0.220. The number of ether oxygens (including phenoxy) is 2. The molecule has 0 aliphatic rings. The minimum absolute atomic E-state index is 0.356. The SMILES string of the molecule is CCCCNC(=S)N(C)N=Cc1ccccc1OCc1ccc(C(=O)OC)cc1. The summed E-state index contributed by atoms with van der Waals surface area (Å²) < 4.78 is 10.7. The lowest BCUT2D eigenvalue weighted by Gasteiger charge is -2.15. The number of hydrazone groups is 1. The molecule has 1 N–H and O–H groups in total. The van der Waals surface area contributed by atoms with Gasteiger partial charge in [-0.25, -0.2) is 9.80 Å². The van der Waals surface area contributed by atoms with Crippen LogP contribution in [0, 0.1) is 0 Å². The van der Waals surface area contributed by atoms with Gasteiger partial charge in [-0.3, -0.25) is 0 Å². The summed E-state index contributed by atoms with van der Waals surface area (Å²) in [6.45, 7) is 3.35. The highest BCUT2D eigenvalue weighted by Gasteiger charge is 2.06. The lowest BCUT2D eigenvalue weighted by Crippen LogP contribution is -2.34. The fourth-order valence-corrected chi connectivity index (χ4v) is 2.57. The van der Waals surface area contributed by atoms with E-state index < -0.39 is 0 Å². The van der Waals surface area contributed by atoms with E-state index in [9.17, 15) is 4.79 Å². The van der Waals surface area contributed by atoms with Crippen molar-refractivity contribution in [2.24, 2.45) is 5.10 Å². The zero-order chi connectivity index (χ0) is 21.1. The van der Waals surface area contributed by atoms with Crippen molar-refractivity contribution in [2.45, 2.75) is 26.4 Å². The zero-order valence-corrected chi connectivity index (χ0v) is 17.9. The lowest BCUT2D eigenvalue weighted by molar-refractivity contribution is 0.0600. The maximum absolute atomic E-state index is 11.5. The third-order valence-electron chi connectivity index (χ3n) is 4.16. The summed E-state index contributed by atoms with van der Waals surface area (Å²) in [5, 5.41) is 9.79. The van der Waals surface area contributed by atoms with Crippen LogP contribution in [0.25, 0.3) is 0 Å². The number of unbranched alkanes of at least 4 members (excludes halogenated alkanes) is 1. The highest BCUT2D eigenvalue weighted by molar-refractivity contribution is 7.80. The number of nitrogens with one attached hydrogen (secondary N) is 1. The van der Waals surface area contributed by atoms with Crippen molar-refractivity contribution in [3.05, 3.63) is 65.2 Å². The summed E-state index contributed by atoms with van der Waals surface area (Å²) in [4.78, 5) is 11.5. The number of hydrogen-bond acceptors (Lipinski definition) is 5. The molecule has 0 unspecified atom stereocenters. The molecule has 6 nitrogen and oxygen atoms in total. The first-order valence-corrected chi connectivity index (χ1v) is 9.90. The van der Waals surface area contributed by atoms with E-state index in [1.54, 1.807) is 23.4 Å². The van der Waals surface area contributed by atoms with Crippen molar-refractivity contribution < 1.29 is 14.3 Å². The highest BCUT2D eigenvalue weighted by atomic mass is 32.1. The molecular formula is C22H27N3O3S. The lowest BCUT2D eigenvalue weighted by atomic mass is 10.1. The molecule has 7 heteroatoms. The average molecular weight is 414 g/mol. The van der Waals surface area contributed by atoms with Crippen LogP contribution in [0.15, 0.2) is 53.6 Å². The van der Waals surface area contributed by atoms with Crippen LogP contribution in [-0.4, -0.2) is 43.0 Å². The first kappa shape index (κ1) is 22.4. The number of methoxy groups -OCH3 is 1. The van der Waals surface area contributed by atoms with Gasteiger partial charge in [0.1, 0.15) is 12.4 Å². The fraction of sp³-hybridized carbons (Fsp3) is 0.318. The van der Waals surface area contributed by atoms with Crippen LogP contribution in [0.2, 0.25) is 0 Å². The van der Waals surface area contributed by atoms with Crippen molar-refractivity contribution in [1.29, 1.82) is 0 Å². The summed E-state index contributed by atoms with van der Waals surface area (Å²) >= 11 is 5.33. The number of para-hydroxylation sites is 1. The Bertz CT molecular complexity index is 837. The van der Waals surface area contributed by atoms with Gasteiger partial charge in [-0.2, -0.15) is 5.10 Å². The molecule has 2 aromatic rings. The fourth-order valence-electron chi connectivity index (χ4n) is 2.42. The molecule has 154 valence electrons. The molecule has 0 aromatic heterocycles. The predicted molar refractivity (Wildman–Crippen MR) is 119 cm³/mol. The number of thiocarbonyl (C=S) groups is 1. The van der Waals surface area contributed by atoms with Crippen molar-refractivity contribution in [2.75, 3.05) is 20.7 Å². The number of hydrogen-bond donors (Lipinski definition) is 1. The Morgan fingerprint density at radius 2 is 1.93 bits per heavy atom. The van der Waals surface area contributed by atoms with E-state index >= 15 is 0 Å². The molecule has 0 radical (unpaired) electrons. The summed E-state index contributed by atoms with van der Waals surface area (Å²) in [7, 11) is 3.17. The van der Waals surface area contributed by atoms with Gasteiger partial charge in [0.25, 0.3) is 0 Å². The summed E-state index contributed by atoms with van der Waals surface area (Å²) in [6, 6.07) is 14.8. The molecule has 0 heterocycles. The van der Waals surface area contributed by atoms with Crippen molar-refractivity contribution in [3.63, 3.8) is 0 Å². The number of benzene rings is 2. The maximum atomic E-state index is 11.5. The highest BCUT2D eigenvalue weighted by Crippen LogP contribution is 2.18. The minimum Gasteiger partial charge on any atom is -0.488 e. The van der Waals surface area contributed by atoms with Gasteiger partial charge in [-0.05, 0) is 48.5 Å². The van der Waals surface area contributed by atoms with E-state index in [0.29, 0.717) is 23.0 Å². The van der Waals surface area contributed by atoms with Crippen molar-refractivity contribution in [1.82, 2.24) is 10.3 Å². The number of carbonyl (C=O) groups is 1. The Morgan fingerprint density at radius 3 is 2.62 bits per heavy atom. The van der Waals surface area contributed by atoms with Crippen LogP contribution >= 0.6 is 12.2 Å². The molecule has 0 spiro atoms. The third-order valence-corrected chi connectivity index (χ3v) is 4.57. The standard InChI is InChI=1S/C22H27N3O3S/c1-4-5-14-23-22(29)25(2)24-15-19-8-6-7-9-20(19)28-16-17-10-12-18(13-11-17)21(26)27-3/h6-13,15H,4-5,14,16H2,1-3H3,(H,23,29). The second-order valence-corrected chi connectivity index (χ2v) is 6.76. The van der Waals surface area contributed by atoms with Gasteiger partial charge in [-0.1, -0.05) is 37.6 Å². The molecule has 0 aliphatic heterocycles. The van der Waals surface area contributed by atoms with Crippen LogP contribution in [0.4, 0.5) is 0 Å². The summed E-state index contributed by atoms with van der Waals surface area (Å²) in [5.41, 5.74) is 2.31. The van der Waals surface area contributed by atoms with E-state index in [4.69, 9.17) is 21.7 Å². The monoisotopic (exact) mass is 413 g/mol. The molecule has 0 saturated carbocycles. The molecule has 2 aromatic carbocycles. The van der Waals surface area contributed by atoms with Gasteiger partial charge in [-0.15, -0.1) is 0 Å². The first-order chi connectivity index (χ1) is 14.0. The Labute approximate surface area is 177 Å². The largest absolute Gasteiger partial charge is 0.488 e. The Morgan fingerprint density at radius 1 is 1.21 bits per heavy atom.